The predicted octanol–water partition coefficient (Wildman–Crippen LogP) is 4.22. The van der Waals surface area contributed by atoms with Crippen molar-refractivity contribution in [1.29, 1.82) is 0 Å². The van der Waals surface area contributed by atoms with Crippen molar-refractivity contribution >= 4 is 12.4 Å². The molecule has 0 bridgehead atoms. The van der Waals surface area contributed by atoms with E-state index in [0.717, 1.165) is 6.07 Å². The third-order valence-corrected chi connectivity index (χ3v) is 3.19. The number of nitrogens with one attached hydrogen (secondary N) is 1. The first-order valence-corrected chi connectivity index (χ1v) is 5.68. The molecule has 0 aliphatic carbocycles. The molecule has 1 saturated heterocycles. The van der Waals surface area contributed by atoms with Crippen LogP contribution in [-0.4, -0.2) is 13.1 Å². The van der Waals surface area contributed by atoms with Crippen LogP contribution in [0.5, 0.6) is 0 Å². The molecule has 114 valence electrons. The molecule has 1 nitrogen and oxygen atoms in total. The predicted molar refractivity (Wildman–Crippen MR) is 63.9 cm³/mol. The van der Waals surface area contributed by atoms with E-state index in [9.17, 15) is 26.3 Å². The summed E-state index contributed by atoms with van der Waals surface area (Å²) in [5.74, 6) is -0.390. The molecule has 1 fully saturated rings. The van der Waals surface area contributed by atoms with Crippen LogP contribution in [-0.2, 0) is 12.4 Å². The van der Waals surface area contributed by atoms with E-state index in [1.807, 2.05) is 0 Å². The number of alkyl halides is 6. The van der Waals surface area contributed by atoms with Gasteiger partial charge in [0.1, 0.15) is 0 Å². The Labute approximate surface area is 117 Å². The molecule has 8 heteroatoms. The van der Waals surface area contributed by atoms with Crippen molar-refractivity contribution in [3.63, 3.8) is 0 Å². The fourth-order valence-corrected chi connectivity index (χ4v) is 2.25. The third-order valence-electron chi connectivity index (χ3n) is 3.19. The molecule has 0 amide bonds. The first-order valence-electron chi connectivity index (χ1n) is 5.68. The molecule has 1 N–H and O–H groups in total. The first-order chi connectivity index (χ1) is 8.69. The third kappa shape index (κ3) is 3.58. The van der Waals surface area contributed by atoms with Gasteiger partial charge in [-0.25, -0.2) is 0 Å². The van der Waals surface area contributed by atoms with Crippen molar-refractivity contribution in [3.05, 3.63) is 34.9 Å². The minimum Gasteiger partial charge on any atom is -0.316 e. The lowest BCUT2D eigenvalue weighted by Gasteiger charge is -2.19. The maximum absolute atomic E-state index is 12.9. The Balaban J connectivity index is 0.00000200. The summed E-state index contributed by atoms with van der Waals surface area (Å²) in [6, 6.07) is 1.86. The molecule has 0 aromatic heterocycles. The van der Waals surface area contributed by atoms with Crippen molar-refractivity contribution in [2.45, 2.75) is 24.7 Å². The zero-order chi connectivity index (χ0) is 14.3. The molecule has 1 aromatic carbocycles. The van der Waals surface area contributed by atoms with Crippen LogP contribution >= 0.6 is 12.4 Å². The van der Waals surface area contributed by atoms with Gasteiger partial charge in [0.25, 0.3) is 0 Å². The summed E-state index contributed by atoms with van der Waals surface area (Å²) in [7, 11) is 0. The minimum atomic E-state index is -4.78. The Hall–Kier alpha value is -0.950. The molecular weight excluding hydrogens is 308 g/mol. The fourth-order valence-electron chi connectivity index (χ4n) is 2.25. The van der Waals surface area contributed by atoms with E-state index in [1.54, 1.807) is 0 Å². The average molecular weight is 320 g/mol. The van der Waals surface area contributed by atoms with Crippen molar-refractivity contribution < 1.29 is 26.3 Å². The summed E-state index contributed by atoms with van der Waals surface area (Å²) in [5, 5.41) is 2.90. The summed E-state index contributed by atoms with van der Waals surface area (Å²) in [6.45, 7) is 0.928. The van der Waals surface area contributed by atoms with E-state index in [4.69, 9.17) is 0 Å². The number of halogens is 7. The molecule has 2 rings (SSSR count). The lowest BCUT2D eigenvalue weighted by molar-refractivity contribution is -0.143. The lowest BCUT2D eigenvalue weighted by atomic mass is 9.91. The SMILES string of the molecule is Cl.FC(F)(F)c1ccc(C2CCNC2)c(C(F)(F)F)c1. The monoisotopic (exact) mass is 319 g/mol. The normalized spacial score (nSPS) is 19.8. The smallest absolute Gasteiger partial charge is 0.316 e. The van der Waals surface area contributed by atoms with Gasteiger partial charge in [-0.2, -0.15) is 26.3 Å². The van der Waals surface area contributed by atoms with E-state index in [2.05, 4.69) is 5.32 Å². The molecule has 1 heterocycles. The molecule has 1 aliphatic heterocycles. The summed E-state index contributed by atoms with van der Waals surface area (Å²) < 4.78 is 76.1. The number of rotatable bonds is 1. The zero-order valence-corrected chi connectivity index (χ0v) is 10.9. The van der Waals surface area contributed by atoms with Crippen LogP contribution in [0.1, 0.15) is 29.0 Å². The largest absolute Gasteiger partial charge is 0.416 e. The Morgan fingerprint density at radius 2 is 1.65 bits per heavy atom. The fraction of sp³-hybridized carbons (Fsp3) is 0.500. The van der Waals surface area contributed by atoms with E-state index >= 15 is 0 Å². The minimum absolute atomic E-state index is 0. The zero-order valence-electron chi connectivity index (χ0n) is 10.1. The standard InChI is InChI=1S/C12H11F6N.ClH/c13-11(14,15)8-1-2-9(7-3-4-19-6-7)10(5-8)12(16,17)18;/h1-2,5,7,19H,3-4,6H2;1H. The van der Waals surface area contributed by atoms with Crippen molar-refractivity contribution in [2.75, 3.05) is 13.1 Å². The van der Waals surface area contributed by atoms with Crippen molar-refractivity contribution in [1.82, 2.24) is 5.32 Å². The quantitative estimate of drug-likeness (QED) is 0.764. The van der Waals surface area contributed by atoms with Crippen LogP contribution in [0, 0.1) is 0 Å². The summed E-state index contributed by atoms with van der Waals surface area (Å²) >= 11 is 0. The molecular formula is C12H12ClF6N. The summed E-state index contributed by atoms with van der Waals surface area (Å²) in [6.07, 6.45) is -9.06. The number of benzene rings is 1. The van der Waals surface area contributed by atoms with E-state index < -0.39 is 23.5 Å². The van der Waals surface area contributed by atoms with Gasteiger partial charge in [-0.15, -0.1) is 12.4 Å². The highest BCUT2D eigenvalue weighted by molar-refractivity contribution is 5.85. The highest BCUT2D eigenvalue weighted by Crippen LogP contribution is 2.40. The average Bonchev–Trinajstić information content (AvgIpc) is 2.79. The molecule has 1 aromatic rings. The van der Waals surface area contributed by atoms with Gasteiger partial charge in [0.2, 0.25) is 0 Å². The topological polar surface area (TPSA) is 12.0 Å². The van der Waals surface area contributed by atoms with Gasteiger partial charge >= 0.3 is 12.4 Å². The Bertz CT molecular complexity index is 462. The second kappa shape index (κ2) is 5.81. The molecule has 1 aliphatic rings. The molecule has 1 unspecified atom stereocenters. The van der Waals surface area contributed by atoms with Gasteiger partial charge in [-0.1, -0.05) is 6.07 Å². The van der Waals surface area contributed by atoms with Crippen LogP contribution in [0.2, 0.25) is 0 Å². The second-order valence-corrected chi connectivity index (χ2v) is 4.49. The van der Waals surface area contributed by atoms with Crippen LogP contribution in [0.4, 0.5) is 26.3 Å². The first kappa shape index (κ1) is 17.1. The molecule has 1 atom stereocenters. The van der Waals surface area contributed by atoms with Crippen LogP contribution in [0.15, 0.2) is 18.2 Å². The van der Waals surface area contributed by atoms with Gasteiger partial charge in [0.05, 0.1) is 11.1 Å². The second-order valence-electron chi connectivity index (χ2n) is 4.49. The van der Waals surface area contributed by atoms with E-state index in [0.29, 0.717) is 25.6 Å². The maximum atomic E-state index is 12.9. The maximum Gasteiger partial charge on any atom is 0.416 e. The van der Waals surface area contributed by atoms with Crippen molar-refractivity contribution in [2.24, 2.45) is 0 Å². The van der Waals surface area contributed by atoms with Gasteiger partial charge in [0.15, 0.2) is 0 Å². The summed E-state index contributed by atoms with van der Waals surface area (Å²) in [5.41, 5.74) is -2.52. The van der Waals surface area contributed by atoms with Crippen molar-refractivity contribution in [3.8, 4) is 0 Å². The molecule has 0 spiro atoms. The Morgan fingerprint density at radius 3 is 2.10 bits per heavy atom. The van der Waals surface area contributed by atoms with Gasteiger partial charge in [-0.05, 0) is 36.6 Å². The Morgan fingerprint density at radius 1 is 1.00 bits per heavy atom. The molecule has 0 saturated carbocycles. The summed E-state index contributed by atoms with van der Waals surface area (Å²) in [4.78, 5) is 0. The number of hydrogen-bond donors (Lipinski definition) is 1. The van der Waals surface area contributed by atoms with E-state index in [-0.39, 0.29) is 30.0 Å². The highest BCUT2D eigenvalue weighted by atomic mass is 35.5. The van der Waals surface area contributed by atoms with Gasteiger partial charge < -0.3 is 5.32 Å². The van der Waals surface area contributed by atoms with Crippen LogP contribution in [0.25, 0.3) is 0 Å². The number of hydrogen-bond acceptors (Lipinski definition) is 1. The van der Waals surface area contributed by atoms with Crippen LogP contribution in [0.3, 0.4) is 0 Å². The van der Waals surface area contributed by atoms with Gasteiger partial charge in [0, 0.05) is 6.54 Å². The molecule has 0 radical (unpaired) electrons. The van der Waals surface area contributed by atoms with Crippen LogP contribution < -0.4 is 5.32 Å². The Kier molecular flexibility index (Phi) is 4.97. The van der Waals surface area contributed by atoms with Gasteiger partial charge in [-0.3, -0.25) is 0 Å². The lowest BCUT2D eigenvalue weighted by Crippen LogP contribution is -2.16. The highest BCUT2D eigenvalue weighted by Gasteiger charge is 2.39. The molecule has 20 heavy (non-hydrogen) atoms. The van der Waals surface area contributed by atoms with E-state index in [1.165, 1.54) is 0 Å².